The zero-order chi connectivity index (χ0) is 15.5. The minimum Gasteiger partial charge on any atom is -0.466 e. The van der Waals surface area contributed by atoms with Crippen LogP contribution in [0.15, 0.2) is 10.8 Å². The van der Waals surface area contributed by atoms with Crippen molar-refractivity contribution in [3.8, 4) is 0 Å². The van der Waals surface area contributed by atoms with E-state index in [9.17, 15) is 26.7 Å². The number of alkyl halides is 5. The van der Waals surface area contributed by atoms with E-state index in [4.69, 9.17) is 0 Å². The third-order valence-electron chi connectivity index (χ3n) is 2.29. The molecule has 0 radical (unpaired) electrons. The average Bonchev–Trinajstić information content (AvgIpc) is 2.29. The van der Waals surface area contributed by atoms with Crippen LogP contribution in [0.5, 0.6) is 0 Å². The third kappa shape index (κ3) is 3.87. The number of esters is 1. The minimum absolute atomic E-state index is 0.0220. The smallest absolute Gasteiger partial charge is 0.417 e. The van der Waals surface area contributed by atoms with Crippen LogP contribution in [0.4, 0.5) is 22.0 Å². The molecule has 0 bridgehead atoms. The molecule has 0 saturated carbocycles. The number of carbonyl (C=O) groups is 1. The van der Waals surface area contributed by atoms with Crippen molar-refractivity contribution < 1.29 is 31.5 Å². The number of hydrogen-bond donors (Lipinski definition) is 0. The van der Waals surface area contributed by atoms with Crippen molar-refractivity contribution in [1.29, 1.82) is 0 Å². The molecule has 0 saturated heterocycles. The van der Waals surface area contributed by atoms with Gasteiger partial charge in [-0.2, -0.15) is 13.2 Å². The first-order chi connectivity index (χ1) is 9.18. The minimum atomic E-state index is -5.03. The molecule has 1 heterocycles. The van der Waals surface area contributed by atoms with E-state index in [1.165, 1.54) is 6.92 Å². The van der Waals surface area contributed by atoms with Gasteiger partial charge in [-0.1, -0.05) is 0 Å². The van der Waals surface area contributed by atoms with Crippen LogP contribution in [0.1, 0.15) is 30.0 Å². The Hall–Kier alpha value is -1.25. The molecule has 0 aliphatic carbocycles. The Kier molecular flexibility index (Phi) is 5.43. The lowest BCUT2D eigenvalue weighted by atomic mass is 10.0. The molecular formula is C11H9BrF5NO2. The predicted molar refractivity (Wildman–Crippen MR) is 62.2 cm³/mol. The Morgan fingerprint density at radius 1 is 1.45 bits per heavy atom. The van der Waals surface area contributed by atoms with E-state index < -0.39 is 46.3 Å². The summed E-state index contributed by atoms with van der Waals surface area (Å²) in [6.07, 6.45) is -8.45. The van der Waals surface area contributed by atoms with E-state index in [1.54, 1.807) is 0 Å². The van der Waals surface area contributed by atoms with E-state index >= 15 is 0 Å². The zero-order valence-electron chi connectivity index (χ0n) is 10.1. The lowest BCUT2D eigenvalue weighted by Gasteiger charge is -2.17. The monoisotopic (exact) mass is 361 g/mol. The molecule has 0 aromatic carbocycles. The second kappa shape index (κ2) is 6.47. The molecule has 112 valence electrons. The highest BCUT2D eigenvalue weighted by Crippen LogP contribution is 2.41. The first-order valence-corrected chi connectivity index (χ1v) is 6.16. The van der Waals surface area contributed by atoms with Crippen LogP contribution >= 0.6 is 15.9 Å². The van der Waals surface area contributed by atoms with Crippen LogP contribution in [0.3, 0.4) is 0 Å². The number of rotatable bonds is 4. The van der Waals surface area contributed by atoms with Crippen molar-refractivity contribution in [2.24, 2.45) is 0 Å². The second-order valence-corrected chi connectivity index (χ2v) is 4.39. The van der Waals surface area contributed by atoms with Gasteiger partial charge in [0.15, 0.2) is 0 Å². The van der Waals surface area contributed by atoms with E-state index in [1.807, 2.05) is 0 Å². The van der Waals surface area contributed by atoms with Gasteiger partial charge in [-0.25, -0.2) is 13.8 Å². The van der Waals surface area contributed by atoms with Gasteiger partial charge in [-0.05, 0) is 28.4 Å². The Morgan fingerprint density at radius 2 is 2.05 bits per heavy atom. The van der Waals surface area contributed by atoms with Crippen molar-refractivity contribution in [2.45, 2.75) is 25.9 Å². The maximum Gasteiger partial charge on any atom is 0.417 e. The molecule has 3 nitrogen and oxygen atoms in total. The van der Waals surface area contributed by atoms with Gasteiger partial charge in [0.05, 0.1) is 24.2 Å². The summed E-state index contributed by atoms with van der Waals surface area (Å²) < 4.78 is 68.4. The van der Waals surface area contributed by atoms with Crippen molar-refractivity contribution in [1.82, 2.24) is 4.98 Å². The summed E-state index contributed by atoms with van der Waals surface area (Å²) in [6.45, 7) is 1.46. The predicted octanol–water partition coefficient (Wildman–Crippen LogP) is 3.91. The standard InChI is InChI=1S/C11H9BrF5NO2/c1-2-20-6(19)3-5-4-18-9(12)7(10(13)14)8(5)11(15,16)17/h4,10H,2-3H2,1H3. The van der Waals surface area contributed by atoms with Crippen LogP contribution in [-0.2, 0) is 22.1 Å². The van der Waals surface area contributed by atoms with Crippen LogP contribution in [0.2, 0.25) is 0 Å². The summed E-state index contributed by atoms with van der Waals surface area (Å²) in [5.41, 5.74) is -3.48. The number of ether oxygens (including phenoxy) is 1. The van der Waals surface area contributed by atoms with Gasteiger partial charge >= 0.3 is 12.1 Å². The Morgan fingerprint density at radius 3 is 2.50 bits per heavy atom. The fraction of sp³-hybridized carbons (Fsp3) is 0.455. The highest BCUT2D eigenvalue weighted by Gasteiger charge is 2.40. The van der Waals surface area contributed by atoms with Gasteiger partial charge < -0.3 is 4.74 Å². The number of aromatic nitrogens is 1. The molecule has 0 aliphatic heterocycles. The molecule has 1 rings (SSSR count). The van der Waals surface area contributed by atoms with Crippen molar-refractivity contribution in [3.05, 3.63) is 27.5 Å². The molecule has 9 heteroatoms. The summed E-state index contributed by atoms with van der Waals surface area (Å²) in [4.78, 5) is 14.7. The van der Waals surface area contributed by atoms with Crippen LogP contribution in [0.25, 0.3) is 0 Å². The maximum absolute atomic E-state index is 13.0. The van der Waals surface area contributed by atoms with Gasteiger partial charge in [0.2, 0.25) is 0 Å². The maximum atomic E-state index is 13.0. The molecule has 0 unspecified atom stereocenters. The molecule has 0 spiro atoms. The molecule has 0 amide bonds. The number of nitrogens with zero attached hydrogens (tertiary/aromatic N) is 1. The van der Waals surface area contributed by atoms with Gasteiger partial charge in [0.1, 0.15) is 4.60 Å². The van der Waals surface area contributed by atoms with Gasteiger partial charge in [0.25, 0.3) is 6.43 Å². The third-order valence-corrected chi connectivity index (χ3v) is 2.92. The summed E-state index contributed by atoms with van der Waals surface area (Å²) in [5.74, 6) is -0.942. The Balaban J connectivity index is 3.38. The first kappa shape index (κ1) is 16.8. The Bertz CT molecular complexity index is 504. The number of carbonyl (C=O) groups excluding carboxylic acids is 1. The normalized spacial score (nSPS) is 11.8. The van der Waals surface area contributed by atoms with Crippen molar-refractivity contribution in [3.63, 3.8) is 0 Å². The fourth-order valence-corrected chi connectivity index (χ4v) is 2.05. The lowest BCUT2D eigenvalue weighted by Crippen LogP contribution is -2.18. The largest absolute Gasteiger partial charge is 0.466 e. The first-order valence-electron chi connectivity index (χ1n) is 5.36. The molecule has 0 fully saturated rings. The van der Waals surface area contributed by atoms with Gasteiger partial charge in [0, 0.05) is 6.20 Å². The highest BCUT2D eigenvalue weighted by molar-refractivity contribution is 9.10. The van der Waals surface area contributed by atoms with Crippen molar-refractivity contribution in [2.75, 3.05) is 6.61 Å². The highest BCUT2D eigenvalue weighted by atomic mass is 79.9. The number of halogens is 6. The summed E-state index contributed by atoms with van der Waals surface area (Å²) in [6, 6.07) is 0. The summed E-state index contributed by atoms with van der Waals surface area (Å²) in [5, 5.41) is 0. The Labute approximate surface area is 119 Å². The number of pyridine rings is 1. The van der Waals surface area contributed by atoms with Crippen molar-refractivity contribution >= 4 is 21.9 Å². The average molecular weight is 362 g/mol. The van der Waals surface area contributed by atoms with Gasteiger partial charge in [-0.3, -0.25) is 4.79 Å². The molecule has 20 heavy (non-hydrogen) atoms. The summed E-state index contributed by atoms with van der Waals surface area (Å²) >= 11 is 2.56. The molecule has 1 aromatic heterocycles. The molecule has 1 aromatic rings. The molecular weight excluding hydrogens is 353 g/mol. The SMILES string of the molecule is CCOC(=O)Cc1cnc(Br)c(C(F)F)c1C(F)(F)F. The van der Waals surface area contributed by atoms with E-state index in [0.717, 1.165) is 6.20 Å². The summed E-state index contributed by atoms with van der Waals surface area (Å²) in [7, 11) is 0. The topological polar surface area (TPSA) is 39.2 Å². The number of hydrogen-bond acceptors (Lipinski definition) is 3. The van der Waals surface area contributed by atoms with Crippen LogP contribution in [0, 0.1) is 0 Å². The zero-order valence-corrected chi connectivity index (χ0v) is 11.7. The van der Waals surface area contributed by atoms with E-state index in [-0.39, 0.29) is 6.61 Å². The van der Waals surface area contributed by atoms with Gasteiger partial charge in [-0.15, -0.1) is 0 Å². The lowest BCUT2D eigenvalue weighted by molar-refractivity contribution is -0.144. The van der Waals surface area contributed by atoms with Crippen LogP contribution in [-0.4, -0.2) is 17.6 Å². The molecule has 0 atom stereocenters. The van der Waals surface area contributed by atoms with E-state index in [2.05, 4.69) is 25.7 Å². The van der Waals surface area contributed by atoms with Crippen LogP contribution < -0.4 is 0 Å². The fourth-order valence-electron chi connectivity index (χ4n) is 1.58. The molecule has 0 aliphatic rings. The second-order valence-electron chi connectivity index (χ2n) is 3.64. The van der Waals surface area contributed by atoms with E-state index in [0.29, 0.717) is 0 Å². The molecule has 0 N–H and O–H groups in total. The quantitative estimate of drug-likeness (QED) is 0.463.